The Kier molecular flexibility index (Phi) is 3.44. The summed E-state index contributed by atoms with van der Waals surface area (Å²) < 4.78 is 1.77. The largest absolute Gasteiger partial charge is 0.344 e. The van der Waals surface area contributed by atoms with Crippen LogP contribution in [0.1, 0.15) is 24.4 Å². The predicted molar refractivity (Wildman–Crippen MR) is 74.4 cm³/mol. The van der Waals surface area contributed by atoms with Gasteiger partial charge in [0, 0.05) is 10.9 Å². The van der Waals surface area contributed by atoms with Crippen LogP contribution in [-0.2, 0) is 6.42 Å². The summed E-state index contributed by atoms with van der Waals surface area (Å²) in [4.78, 5) is 12.9. The lowest BCUT2D eigenvalue weighted by molar-refractivity contribution is 0.642. The average molecular weight is 276 g/mol. The molecule has 1 aliphatic rings. The highest BCUT2D eigenvalue weighted by atomic mass is 32.2. The fourth-order valence-electron chi connectivity index (χ4n) is 2.08. The third-order valence-electron chi connectivity index (χ3n) is 3.17. The number of aromatic amines is 1. The number of aromatic nitrogens is 3. The van der Waals surface area contributed by atoms with Crippen LogP contribution in [0.5, 0.6) is 0 Å². The summed E-state index contributed by atoms with van der Waals surface area (Å²) in [5, 5.41) is 7.42. The Morgan fingerprint density at radius 1 is 1.42 bits per heavy atom. The van der Waals surface area contributed by atoms with Gasteiger partial charge in [0.25, 0.3) is 0 Å². The Bertz CT molecular complexity index is 630. The van der Waals surface area contributed by atoms with Crippen molar-refractivity contribution in [1.82, 2.24) is 14.8 Å². The van der Waals surface area contributed by atoms with Gasteiger partial charge in [0.05, 0.1) is 0 Å². The summed E-state index contributed by atoms with van der Waals surface area (Å²) in [5.74, 6) is 0. The molecule has 1 heterocycles. The summed E-state index contributed by atoms with van der Waals surface area (Å²) in [6.45, 7) is 0.619. The first kappa shape index (κ1) is 12.5. The molecule has 1 saturated carbocycles. The number of nitrogens with zero attached hydrogens (tertiary/aromatic N) is 2. The molecule has 1 aliphatic carbocycles. The van der Waals surface area contributed by atoms with Crippen molar-refractivity contribution in [2.45, 2.75) is 35.4 Å². The average Bonchev–Trinajstić information content (AvgIpc) is 3.18. The second-order valence-electron chi connectivity index (χ2n) is 4.66. The summed E-state index contributed by atoms with van der Waals surface area (Å²) in [7, 11) is 0. The van der Waals surface area contributed by atoms with Gasteiger partial charge in [-0.25, -0.2) is 9.89 Å². The summed E-state index contributed by atoms with van der Waals surface area (Å²) in [5.41, 5.74) is 6.72. The molecule has 1 aromatic carbocycles. The standard InChI is InChI=1S/C13H16N4OS/c14-8-7-9-3-1-2-4-11(9)19-13-16-15-12(18)17(13)10-5-6-10/h1-4,10H,5-8,14H2,(H,15,18). The first-order valence-electron chi connectivity index (χ1n) is 6.42. The molecule has 5 nitrogen and oxygen atoms in total. The molecular weight excluding hydrogens is 260 g/mol. The number of benzene rings is 1. The van der Waals surface area contributed by atoms with Crippen LogP contribution in [0.15, 0.2) is 39.1 Å². The minimum Gasteiger partial charge on any atom is -0.330 e. The van der Waals surface area contributed by atoms with Gasteiger partial charge in [0.15, 0.2) is 5.16 Å². The van der Waals surface area contributed by atoms with Crippen molar-refractivity contribution in [2.75, 3.05) is 6.54 Å². The molecule has 0 atom stereocenters. The molecular formula is C13H16N4OS. The molecule has 0 radical (unpaired) electrons. The van der Waals surface area contributed by atoms with Crippen molar-refractivity contribution in [3.8, 4) is 0 Å². The van der Waals surface area contributed by atoms with Crippen molar-refractivity contribution < 1.29 is 0 Å². The lowest BCUT2D eigenvalue weighted by atomic mass is 10.1. The zero-order valence-corrected chi connectivity index (χ0v) is 11.3. The third-order valence-corrected chi connectivity index (χ3v) is 4.26. The minimum absolute atomic E-state index is 0.110. The molecule has 0 saturated heterocycles. The van der Waals surface area contributed by atoms with Crippen LogP contribution >= 0.6 is 11.8 Å². The van der Waals surface area contributed by atoms with Crippen LogP contribution < -0.4 is 11.4 Å². The third kappa shape index (κ3) is 2.59. The predicted octanol–water partition coefficient (Wildman–Crippen LogP) is 1.56. The van der Waals surface area contributed by atoms with Crippen LogP contribution in [0.3, 0.4) is 0 Å². The Morgan fingerprint density at radius 3 is 2.95 bits per heavy atom. The van der Waals surface area contributed by atoms with Gasteiger partial charge in [-0.05, 0) is 49.2 Å². The van der Waals surface area contributed by atoms with Gasteiger partial charge < -0.3 is 5.73 Å². The normalized spacial score (nSPS) is 14.8. The lowest BCUT2D eigenvalue weighted by Crippen LogP contribution is -2.16. The van der Waals surface area contributed by atoms with Gasteiger partial charge in [-0.1, -0.05) is 18.2 Å². The van der Waals surface area contributed by atoms with E-state index >= 15 is 0 Å². The molecule has 3 N–H and O–H groups in total. The maximum absolute atomic E-state index is 11.7. The smallest absolute Gasteiger partial charge is 0.330 e. The van der Waals surface area contributed by atoms with E-state index in [-0.39, 0.29) is 5.69 Å². The Morgan fingerprint density at radius 2 is 2.21 bits per heavy atom. The van der Waals surface area contributed by atoms with Gasteiger partial charge >= 0.3 is 5.69 Å². The van der Waals surface area contributed by atoms with Gasteiger partial charge in [-0.3, -0.25) is 4.57 Å². The molecule has 0 bridgehead atoms. The number of hydrogen-bond donors (Lipinski definition) is 2. The van der Waals surface area contributed by atoms with E-state index in [0.29, 0.717) is 12.6 Å². The van der Waals surface area contributed by atoms with Gasteiger partial charge in [0.2, 0.25) is 0 Å². The maximum atomic E-state index is 11.7. The maximum Gasteiger partial charge on any atom is 0.344 e. The second-order valence-corrected chi connectivity index (χ2v) is 5.67. The van der Waals surface area contributed by atoms with E-state index in [4.69, 9.17) is 5.73 Å². The van der Waals surface area contributed by atoms with E-state index in [0.717, 1.165) is 29.3 Å². The number of nitrogens with one attached hydrogen (secondary N) is 1. The molecule has 0 aliphatic heterocycles. The van der Waals surface area contributed by atoms with Gasteiger partial charge in [-0.2, -0.15) is 0 Å². The van der Waals surface area contributed by atoms with Crippen molar-refractivity contribution in [2.24, 2.45) is 5.73 Å². The van der Waals surface area contributed by atoms with Crippen LogP contribution in [0.2, 0.25) is 0 Å². The first-order valence-corrected chi connectivity index (χ1v) is 7.24. The Labute approximate surface area is 115 Å². The van der Waals surface area contributed by atoms with E-state index in [1.807, 2.05) is 18.2 Å². The molecule has 100 valence electrons. The van der Waals surface area contributed by atoms with E-state index in [9.17, 15) is 4.79 Å². The quantitative estimate of drug-likeness (QED) is 0.869. The number of nitrogens with two attached hydrogens (primary N) is 1. The Hall–Kier alpha value is -1.53. The molecule has 6 heteroatoms. The summed E-state index contributed by atoms with van der Waals surface area (Å²) in [6.07, 6.45) is 2.97. The fraction of sp³-hybridized carbons (Fsp3) is 0.385. The monoisotopic (exact) mass is 276 g/mol. The number of H-pyrrole nitrogens is 1. The zero-order valence-electron chi connectivity index (χ0n) is 10.5. The number of rotatable bonds is 5. The van der Waals surface area contributed by atoms with Crippen molar-refractivity contribution in [3.63, 3.8) is 0 Å². The van der Waals surface area contributed by atoms with Crippen LogP contribution in [0.25, 0.3) is 0 Å². The molecule has 19 heavy (non-hydrogen) atoms. The zero-order chi connectivity index (χ0) is 13.2. The van der Waals surface area contributed by atoms with Crippen LogP contribution in [-0.4, -0.2) is 21.3 Å². The molecule has 2 aromatic rings. The molecule has 1 fully saturated rings. The van der Waals surface area contributed by atoms with E-state index in [1.54, 1.807) is 4.57 Å². The van der Waals surface area contributed by atoms with E-state index < -0.39 is 0 Å². The van der Waals surface area contributed by atoms with Crippen LogP contribution in [0, 0.1) is 0 Å². The molecule has 3 rings (SSSR count). The highest BCUT2D eigenvalue weighted by Gasteiger charge is 2.28. The number of hydrogen-bond acceptors (Lipinski definition) is 4. The first-order chi connectivity index (χ1) is 9.29. The van der Waals surface area contributed by atoms with E-state index in [2.05, 4.69) is 16.3 Å². The molecule has 1 aromatic heterocycles. The van der Waals surface area contributed by atoms with Crippen molar-refractivity contribution in [3.05, 3.63) is 40.3 Å². The Balaban J connectivity index is 1.91. The summed E-state index contributed by atoms with van der Waals surface area (Å²) in [6, 6.07) is 8.45. The van der Waals surface area contributed by atoms with Gasteiger partial charge in [-0.15, -0.1) is 5.10 Å². The fourth-order valence-corrected chi connectivity index (χ4v) is 3.15. The highest BCUT2D eigenvalue weighted by Crippen LogP contribution is 2.38. The van der Waals surface area contributed by atoms with Crippen LogP contribution in [0.4, 0.5) is 0 Å². The lowest BCUT2D eigenvalue weighted by Gasteiger charge is -2.08. The summed E-state index contributed by atoms with van der Waals surface area (Å²) >= 11 is 1.53. The highest BCUT2D eigenvalue weighted by molar-refractivity contribution is 7.99. The van der Waals surface area contributed by atoms with Crippen molar-refractivity contribution in [1.29, 1.82) is 0 Å². The second kappa shape index (κ2) is 5.22. The minimum atomic E-state index is -0.110. The molecule has 0 spiro atoms. The van der Waals surface area contributed by atoms with E-state index in [1.165, 1.54) is 17.3 Å². The SMILES string of the molecule is NCCc1ccccc1Sc1n[nH]c(=O)n1C1CC1. The van der Waals surface area contributed by atoms with Crippen molar-refractivity contribution >= 4 is 11.8 Å². The molecule has 0 amide bonds. The van der Waals surface area contributed by atoms with Gasteiger partial charge in [0.1, 0.15) is 0 Å². The topological polar surface area (TPSA) is 76.7 Å². The molecule has 0 unspecified atom stereocenters.